The van der Waals surface area contributed by atoms with Crippen LogP contribution in [-0.2, 0) is 20.9 Å². The topological polar surface area (TPSA) is 55.8 Å². The minimum absolute atomic E-state index is 0.128. The molecule has 1 aromatic carbocycles. The monoisotopic (exact) mass is 388 g/mol. The number of alkyl halides is 1. The first-order chi connectivity index (χ1) is 9.56. The van der Waals surface area contributed by atoms with Crippen LogP contribution in [0.1, 0.15) is 12.5 Å². The predicted octanol–water partition coefficient (Wildman–Crippen LogP) is 1.94. The van der Waals surface area contributed by atoms with Crippen LogP contribution in [0.4, 0.5) is 0 Å². The van der Waals surface area contributed by atoms with Gasteiger partial charge in [0.15, 0.2) is 5.60 Å². The highest BCUT2D eigenvalue weighted by Gasteiger charge is 2.24. The van der Waals surface area contributed by atoms with Crippen LogP contribution >= 0.6 is 22.6 Å². The van der Waals surface area contributed by atoms with Gasteiger partial charge in [-0.15, -0.1) is 0 Å². The number of esters is 1. The fourth-order valence-corrected chi connectivity index (χ4v) is 1.73. The van der Waals surface area contributed by atoms with Gasteiger partial charge in [0, 0.05) is 11.4 Å². The van der Waals surface area contributed by atoms with Crippen molar-refractivity contribution in [1.29, 1.82) is 0 Å². The molecule has 0 radical (unpaired) electrons. The second-order valence-corrected chi connectivity index (χ2v) is 4.99. The van der Waals surface area contributed by atoms with E-state index in [1.807, 2.05) is 52.9 Å². The molecule has 0 bridgehead atoms. The number of hydrogen-bond donors (Lipinski definition) is 1. The fraction of sp³-hybridized carbons (Fsp3) is 0.400. The molecular formula is C15H17IO4. The summed E-state index contributed by atoms with van der Waals surface area (Å²) < 4.78 is 10.5. The maximum Gasteiger partial charge on any atom is 0.302 e. The Labute approximate surface area is 132 Å². The summed E-state index contributed by atoms with van der Waals surface area (Å²) in [6.07, 6.45) is 0. The first-order valence-corrected chi connectivity index (χ1v) is 7.62. The summed E-state index contributed by atoms with van der Waals surface area (Å²) in [5.41, 5.74) is -0.249. The van der Waals surface area contributed by atoms with E-state index in [4.69, 9.17) is 9.47 Å². The Morgan fingerprint density at radius 3 is 2.70 bits per heavy atom. The molecule has 0 aromatic heterocycles. The average Bonchev–Trinajstić information content (AvgIpc) is 2.46. The molecule has 0 unspecified atom stereocenters. The molecule has 0 amide bonds. The molecule has 1 rings (SSSR count). The highest BCUT2D eigenvalue weighted by molar-refractivity contribution is 14.1. The normalized spacial score (nSPS) is 12.9. The SMILES string of the molecule is CC(=O)OC[C@](O)(C#CCOCc1ccccc1)CI. The molecule has 20 heavy (non-hydrogen) atoms. The van der Waals surface area contributed by atoms with Gasteiger partial charge >= 0.3 is 5.97 Å². The summed E-state index contributed by atoms with van der Waals surface area (Å²) in [6, 6.07) is 9.76. The van der Waals surface area contributed by atoms with Gasteiger partial charge in [0.25, 0.3) is 0 Å². The number of aliphatic hydroxyl groups is 1. The van der Waals surface area contributed by atoms with Crippen molar-refractivity contribution in [1.82, 2.24) is 0 Å². The van der Waals surface area contributed by atoms with Crippen molar-refractivity contribution >= 4 is 28.6 Å². The number of rotatable bonds is 6. The molecule has 0 aliphatic heterocycles. The van der Waals surface area contributed by atoms with Gasteiger partial charge in [0.1, 0.15) is 13.2 Å². The Balaban J connectivity index is 2.37. The number of halogens is 1. The number of carbonyl (C=O) groups is 1. The Hall–Kier alpha value is -1.10. The third-order valence-corrected chi connectivity index (χ3v) is 3.60. The van der Waals surface area contributed by atoms with Gasteiger partial charge < -0.3 is 14.6 Å². The Bertz CT molecular complexity index is 478. The van der Waals surface area contributed by atoms with E-state index in [0.29, 0.717) is 11.0 Å². The second-order valence-electron chi connectivity index (χ2n) is 4.23. The summed E-state index contributed by atoms with van der Waals surface area (Å²) >= 11 is 2.00. The molecule has 0 fully saturated rings. The zero-order valence-corrected chi connectivity index (χ0v) is 13.4. The van der Waals surface area contributed by atoms with Gasteiger partial charge in [-0.05, 0) is 5.56 Å². The Morgan fingerprint density at radius 1 is 1.40 bits per heavy atom. The first kappa shape index (κ1) is 17.0. The van der Waals surface area contributed by atoms with Crippen LogP contribution < -0.4 is 0 Å². The number of carbonyl (C=O) groups excluding carboxylic acids is 1. The second kappa shape index (κ2) is 8.95. The lowest BCUT2D eigenvalue weighted by Crippen LogP contribution is -2.35. The maximum absolute atomic E-state index is 10.7. The fourth-order valence-electron chi connectivity index (χ4n) is 1.32. The van der Waals surface area contributed by atoms with Crippen molar-refractivity contribution in [3.05, 3.63) is 35.9 Å². The van der Waals surface area contributed by atoms with Gasteiger partial charge in [0.2, 0.25) is 0 Å². The van der Waals surface area contributed by atoms with Crippen LogP contribution in [0.5, 0.6) is 0 Å². The van der Waals surface area contributed by atoms with Gasteiger partial charge in [-0.3, -0.25) is 4.79 Å². The Kier molecular flexibility index (Phi) is 7.59. The summed E-state index contributed by atoms with van der Waals surface area (Å²) in [5.74, 6) is 5.00. The lowest BCUT2D eigenvalue weighted by atomic mass is 10.1. The Morgan fingerprint density at radius 2 is 2.10 bits per heavy atom. The molecule has 1 aromatic rings. The molecule has 0 aliphatic carbocycles. The van der Waals surface area contributed by atoms with Gasteiger partial charge in [-0.2, -0.15) is 0 Å². The number of benzene rings is 1. The summed E-state index contributed by atoms with van der Waals surface area (Å²) in [7, 11) is 0. The van der Waals surface area contributed by atoms with E-state index in [-0.39, 0.29) is 13.2 Å². The molecule has 4 nitrogen and oxygen atoms in total. The molecule has 0 heterocycles. The number of ether oxygens (including phenoxy) is 2. The maximum atomic E-state index is 10.7. The third kappa shape index (κ3) is 6.89. The average molecular weight is 388 g/mol. The van der Waals surface area contributed by atoms with Crippen molar-refractivity contribution in [3.63, 3.8) is 0 Å². The van der Waals surface area contributed by atoms with Crippen LogP contribution in [-0.4, -0.2) is 34.3 Å². The smallest absolute Gasteiger partial charge is 0.302 e. The summed E-state index contributed by atoms with van der Waals surface area (Å²) in [6.45, 7) is 1.86. The molecule has 5 heteroatoms. The van der Waals surface area contributed by atoms with Crippen molar-refractivity contribution in [2.75, 3.05) is 17.6 Å². The molecule has 108 valence electrons. The largest absolute Gasteiger partial charge is 0.462 e. The molecule has 1 N–H and O–H groups in total. The molecule has 0 aliphatic rings. The van der Waals surface area contributed by atoms with E-state index in [1.165, 1.54) is 6.92 Å². The number of hydrogen-bond acceptors (Lipinski definition) is 4. The minimum atomic E-state index is -1.32. The van der Waals surface area contributed by atoms with Crippen LogP contribution in [0.2, 0.25) is 0 Å². The van der Waals surface area contributed by atoms with Gasteiger partial charge in [-0.25, -0.2) is 0 Å². The van der Waals surface area contributed by atoms with Crippen molar-refractivity contribution in [3.8, 4) is 11.8 Å². The van der Waals surface area contributed by atoms with Gasteiger partial charge in [0.05, 0.1) is 6.61 Å². The van der Waals surface area contributed by atoms with E-state index < -0.39 is 11.6 Å². The predicted molar refractivity (Wildman–Crippen MR) is 84.3 cm³/mol. The van der Waals surface area contributed by atoms with E-state index in [2.05, 4.69) is 11.8 Å². The van der Waals surface area contributed by atoms with Crippen LogP contribution in [0, 0.1) is 11.8 Å². The van der Waals surface area contributed by atoms with Crippen LogP contribution in [0.15, 0.2) is 30.3 Å². The molecule has 0 spiro atoms. The van der Waals surface area contributed by atoms with Crippen LogP contribution in [0.3, 0.4) is 0 Å². The van der Waals surface area contributed by atoms with Crippen LogP contribution in [0.25, 0.3) is 0 Å². The first-order valence-electron chi connectivity index (χ1n) is 6.09. The molecule has 1 atom stereocenters. The molecule has 0 saturated carbocycles. The van der Waals surface area contributed by atoms with E-state index in [1.54, 1.807) is 0 Å². The highest BCUT2D eigenvalue weighted by Crippen LogP contribution is 2.08. The molecular weight excluding hydrogens is 371 g/mol. The standard InChI is InChI=1S/C15H17IO4/c1-13(17)20-12-15(18,11-16)8-5-9-19-10-14-6-3-2-4-7-14/h2-4,6-7,18H,9-12H2,1H3/t15-/m0/s1. The zero-order chi connectivity index (χ0) is 14.8. The molecule has 0 saturated heterocycles. The van der Waals surface area contributed by atoms with Gasteiger partial charge in [-0.1, -0.05) is 64.8 Å². The van der Waals surface area contributed by atoms with Crippen molar-refractivity contribution in [2.45, 2.75) is 19.1 Å². The lowest BCUT2D eigenvalue weighted by Gasteiger charge is -2.18. The summed E-state index contributed by atoms with van der Waals surface area (Å²) in [4.78, 5) is 10.7. The highest BCUT2D eigenvalue weighted by atomic mass is 127. The third-order valence-electron chi connectivity index (χ3n) is 2.34. The quantitative estimate of drug-likeness (QED) is 0.266. The zero-order valence-electron chi connectivity index (χ0n) is 11.3. The summed E-state index contributed by atoms with van der Waals surface area (Å²) in [5, 5.41) is 10.1. The van der Waals surface area contributed by atoms with E-state index >= 15 is 0 Å². The minimum Gasteiger partial charge on any atom is -0.462 e. The van der Waals surface area contributed by atoms with E-state index in [0.717, 1.165) is 5.56 Å². The van der Waals surface area contributed by atoms with Crippen molar-refractivity contribution in [2.24, 2.45) is 0 Å². The van der Waals surface area contributed by atoms with E-state index in [9.17, 15) is 9.90 Å². The lowest BCUT2D eigenvalue weighted by molar-refractivity contribution is -0.145. The van der Waals surface area contributed by atoms with Crippen molar-refractivity contribution < 1.29 is 19.4 Å².